The molecule has 2 N–H and O–H groups in total. The van der Waals surface area contributed by atoms with Gasteiger partial charge in [-0.15, -0.1) is 11.3 Å². The normalized spacial score (nSPS) is 26.2. The summed E-state index contributed by atoms with van der Waals surface area (Å²) in [5.74, 6) is 0.647. The summed E-state index contributed by atoms with van der Waals surface area (Å²) in [6, 6.07) is 0.592. The lowest BCUT2D eigenvalue weighted by atomic mass is 10.1. The zero-order chi connectivity index (χ0) is 10.8. The average molecular weight is 225 g/mol. The van der Waals surface area contributed by atoms with Crippen molar-refractivity contribution in [2.75, 3.05) is 18.0 Å². The highest BCUT2D eigenvalue weighted by Gasteiger charge is 2.29. The van der Waals surface area contributed by atoms with Crippen LogP contribution in [0.25, 0.3) is 0 Å². The molecule has 84 valence electrons. The molecule has 2 unspecified atom stereocenters. The Morgan fingerprint density at radius 1 is 1.67 bits per heavy atom. The molecule has 2 atom stereocenters. The zero-order valence-electron chi connectivity index (χ0n) is 9.44. The zero-order valence-corrected chi connectivity index (χ0v) is 10.3. The molecule has 0 bridgehead atoms. The fraction of sp³-hybridized carbons (Fsp3) is 0.727. The molecule has 0 spiro atoms. The van der Waals surface area contributed by atoms with Gasteiger partial charge in [0.05, 0.1) is 5.69 Å². The van der Waals surface area contributed by atoms with Gasteiger partial charge in [-0.2, -0.15) is 0 Å². The van der Waals surface area contributed by atoms with Crippen molar-refractivity contribution in [3.8, 4) is 0 Å². The van der Waals surface area contributed by atoms with Gasteiger partial charge in [-0.25, -0.2) is 4.98 Å². The molecule has 2 heterocycles. The Bertz CT molecular complexity index is 323. The van der Waals surface area contributed by atoms with E-state index in [2.05, 4.69) is 29.1 Å². The molecule has 1 saturated heterocycles. The Hall–Kier alpha value is -0.610. The van der Waals surface area contributed by atoms with Gasteiger partial charge in [0.15, 0.2) is 5.13 Å². The molecule has 15 heavy (non-hydrogen) atoms. The summed E-state index contributed by atoms with van der Waals surface area (Å²) >= 11 is 1.76. The predicted octanol–water partition coefficient (Wildman–Crippen LogP) is 1.88. The van der Waals surface area contributed by atoms with Gasteiger partial charge >= 0.3 is 0 Å². The summed E-state index contributed by atoms with van der Waals surface area (Å²) < 4.78 is 0. The fourth-order valence-electron chi connectivity index (χ4n) is 2.17. The van der Waals surface area contributed by atoms with E-state index >= 15 is 0 Å². The molecule has 3 nitrogen and oxygen atoms in total. The van der Waals surface area contributed by atoms with E-state index < -0.39 is 0 Å². The molecular formula is C11H19N3S. The van der Waals surface area contributed by atoms with E-state index in [-0.39, 0.29) is 0 Å². The topological polar surface area (TPSA) is 42.1 Å². The maximum Gasteiger partial charge on any atom is 0.185 e. The van der Waals surface area contributed by atoms with E-state index in [4.69, 9.17) is 5.73 Å². The van der Waals surface area contributed by atoms with Crippen molar-refractivity contribution in [3.05, 3.63) is 11.1 Å². The molecule has 0 saturated carbocycles. The van der Waals surface area contributed by atoms with E-state index in [0.29, 0.717) is 12.0 Å². The number of aryl methyl sites for hydroxylation is 1. The van der Waals surface area contributed by atoms with Crippen LogP contribution in [0, 0.1) is 5.92 Å². The van der Waals surface area contributed by atoms with E-state index in [1.54, 1.807) is 11.3 Å². The highest BCUT2D eigenvalue weighted by atomic mass is 32.1. The van der Waals surface area contributed by atoms with E-state index in [1.165, 1.54) is 17.2 Å². The highest BCUT2D eigenvalue weighted by Crippen LogP contribution is 2.30. The number of rotatable bonds is 3. The minimum Gasteiger partial charge on any atom is -0.345 e. The van der Waals surface area contributed by atoms with Gasteiger partial charge in [0, 0.05) is 18.0 Å². The van der Waals surface area contributed by atoms with Crippen LogP contribution in [0.4, 0.5) is 5.13 Å². The van der Waals surface area contributed by atoms with Crippen molar-refractivity contribution in [2.45, 2.75) is 32.7 Å². The van der Waals surface area contributed by atoms with Crippen molar-refractivity contribution < 1.29 is 0 Å². The maximum atomic E-state index is 5.72. The van der Waals surface area contributed by atoms with Gasteiger partial charge in [-0.05, 0) is 32.2 Å². The van der Waals surface area contributed by atoms with Crippen LogP contribution in [-0.2, 0) is 6.42 Å². The van der Waals surface area contributed by atoms with Gasteiger partial charge in [-0.3, -0.25) is 0 Å². The van der Waals surface area contributed by atoms with Crippen LogP contribution < -0.4 is 10.6 Å². The molecule has 0 radical (unpaired) electrons. The lowest BCUT2D eigenvalue weighted by Gasteiger charge is -2.20. The third kappa shape index (κ3) is 2.16. The number of thiazole rings is 1. The van der Waals surface area contributed by atoms with Gasteiger partial charge < -0.3 is 10.6 Å². The second-order valence-corrected chi connectivity index (χ2v) is 5.15. The van der Waals surface area contributed by atoms with Crippen molar-refractivity contribution in [2.24, 2.45) is 11.7 Å². The van der Waals surface area contributed by atoms with Crippen LogP contribution in [0.5, 0.6) is 0 Å². The number of aromatic nitrogens is 1. The summed E-state index contributed by atoms with van der Waals surface area (Å²) in [7, 11) is 0. The summed E-state index contributed by atoms with van der Waals surface area (Å²) in [4.78, 5) is 7.04. The number of hydrogen-bond acceptors (Lipinski definition) is 4. The quantitative estimate of drug-likeness (QED) is 0.854. The fourth-order valence-corrected chi connectivity index (χ4v) is 3.19. The van der Waals surface area contributed by atoms with Crippen LogP contribution >= 0.6 is 11.3 Å². The predicted molar refractivity (Wildman–Crippen MR) is 65.5 cm³/mol. The Morgan fingerprint density at radius 2 is 2.47 bits per heavy atom. The molecule has 0 amide bonds. The van der Waals surface area contributed by atoms with Crippen LogP contribution in [0.1, 0.15) is 26.0 Å². The molecule has 1 aromatic heterocycles. The van der Waals surface area contributed by atoms with Crippen molar-refractivity contribution in [3.63, 3.8) is 0 Å². The molecule has 4 heteroatoms. The van der Waals surface area contributed by atoms with Crippen LogP contribution in [-0.4, -0.2) is 24.1 Å². The first-order valence-electron chi connectivity index (χ1n) is 5.65. The van der Waals surface area contributed by atoms with E-state index in [1.807, 2.05) is 0 Å². The largest absolute Gasteiger partial charge is 0.345 e. The standard InChI is InChI=1S/C11H19N3S/c1-3-10-7-15-11(13-10)14-6-9(5-12)4-8(14)2/h7-9H,3-6,12H2,1-2H3. The summed E-state index contributed by atoms with van der Waals surface area (Å²) in [6.07, 6.45) is 2.23. The summed E-state index contributed by atoms with van der Waals surface area (Å²) in [5.41, 5.74) is 6.93. The summed E-state index contributed by atoms with van der Waals surface area (Å²) in [6.45, 7) is 6.29. The van der Waals surface area contributed by atoms with Crippen LogP contribution in [0.3, 0.4) is 0 Å². The smallest absolute Gasteiger partial charge is 0.185 e. The molecule has 1 aliphatic heterocycles. The molecule has 1 aromatic rings. The number of nitrogens with zero attached hydrogens (tertiary/aromatic N) is 2. The Labute approximate surface area is 95.3 Å². The van der Waals surface area contributed by atoms with Crippen molar-refractivity contribution >= 4 is 16.5 Å². The lowest BCUT2D eigenvalue weighted by Crippen LogP contribution is -2.27. The number of hydrogen-bond donors (Lipinski definition) is 1. The first kappa shape index (κ1) is 10.9. The van der Waals surface area contributed by atoms with Crippen molar-refractivity contribution in [1.82, 2.24) is 4.98 Å². The maximum absolute atomic E-state index is 5.72. The third-order valence-electron chi connectivity index (χ3n) is 3.14. The first-order chi connectivity index (χ1) is 7.24. The Balaban J connectivity index is 2.10. The van der Waals surface area contributed by atoms with Gasteiger partial charge in [-0.1, -0.05) is 6.92 Å². The third-order valence-corrected chi connectivity index (χ3v) is 4.07. The molecule has 0 aliphatic carbocycles. The van der Waals surface area contributed by atoms with E-state index in [0.717, 1.165) is 19.5 Å². The van der Waals surface area contributed by atoms with Gasteiger partial charge in [0.2, 0.25) is 0 Å². The van der Waals surface area contributed by atoms with Crippen molar-refractivity contribution in [1.29, 1.82) is 0 Å². The second-order valence-electron chi connectivity index (χ2n) is 4.31. The molecule has 1 aliphatic rings. The monoisotopic (exact) mass is 225 g/mol. The summed E-state index contributed by atoms with van der Waals surface area (Å²) in [5, 5.41) is 3.34. The molecule has 2 rings (SSSR count). The second kappa shape index (κ2) is 4.49. The first-order valence-corrected chi connectivity index (χ1v) is 6.53. The van der Waals surface area contributed by atoms with Gasteiger partial charge in [0.1, 0.15) is 0 Å². The minimum atomic E-state index is 0.592. The Kier molecular flexibility index (Phi) is 3.26. The lowest BCUT2D eigenvalue weighted by molar-refractivity contribution is 0.579. The van der Waals surface area contributed by atoms with Crippen LogP contribution in [0.15, 0.2) is 5.38 Å². The Morgan fingerprint density at radius 3 is 3.00 bits per heavy atom. The van der Waals surface area contributed by atoms with E-state index in [9.17, 15) is 0 Å². The minimum absolute atomic E-state index is 0.592. The number of anilines is 1. The molecule has 1 fully saturated rings. The molecule has 0 aromatic carbocycles. The SMILES string of the molecule is CCc1csc(N2CC(CN)CC2C)n1. The highest BCUT2D eigenvalue weighted by molar-refractivity contribution is 7.13. The average Bonchev–Trinajstić information content (AvgIpc) is 2.83. The van der Waals surface area contributed by atoms with Gasteiger partial charge in [0.25, 0.3) is 0 Å². The number of nitrogens with two attached hydrogens (primary N) is 1. The molecular weight excluding hydrogens is 206 g/mol. The van der Waals surface area contributed by atoms with Crippen LogP contribution in [0.2, 0.25) is 0 Å².